The molecule has 0 spiro atoms. The third-order valence-electron chi connectivity index (χ3n) is 3.87. The van der Waals surface area contributed by atoms with Crippen LogP contribution in [0.25, 0.3) is 0 Å². The molecule has 0 radical (unpaired) electrons. The maximum Gasteiger partial charge on any atom is 0.249 e. The molecule has 2 amide bonds. The second kappa shape index (κ2) is 7.22. The van der Waals surface area contributed by atoms with E-state index in [9.17, 15) is 9.59 Å². The molecule has 1 atom stereocenters. The summed E-state index contributed by atoms with van der Waals surface area (Å²) in [6, 6.07) is 9.32. The summed E-state index contributed by atoms with van der Waals surface area (Å²) >= 11 is 0. The van der Waals surface area contributed by atoms with Crippen molar-refractivity contribution >= 4 is 17.5 Å². The lowest BCUT2D eigenvalue weighted by atomic mass is 10.2. The van der Waals surface area contributed by atoms with Gasteiger partial charge in [0.15, 0.2) is 0 Å². The Bertz CT molecular complexity index is 490. The average molecular weight is 289 g/mol. The highest BCUT2D eigenvalue weighted by Gasteiger charge is 2.37. The molecular weight excluding hydrogens is 266 g/mol. The summed E-state index contributed by atoms with van der Waals surface area (Å²) in [6.45, 7) is 3.80. The fraction of sp³-hybridized carbons (Fsp3) is 0.500. The molecule has 2 rings (SSSR count). The molecule has 1 unspecified atom stereocenters. The predicted octanol–water partition coefficient (Wildman–Crippen LogP) is 1.25. The van der Waals surface area contributed by atoms with Crippen LogP contribution in [0.5, 0.6) is 0 Å². The van der Waals surface area contributed by atoms with E-state index in [0.29, 0.717) is 32.5 Å². The molecule has 1 heterocycles. The maximum atomic E-state index is 12.6. The first-order valence-electron chi connectivity index (χ1n) is 7.49. The SMILES string of the molecule is CCN(C(=O)CCNC)C1CCN(c2ccccc2)C1=O. The van der Waals surface area contributed by atoms with E-state index >= 15 is 0 Å². The van der Waals surface area contributed by atoms with Crippen LogP contribution in [0, 0.1) is 0 Å². The molecule has 5 heteroatoms. The lowest BCUT2D eigenvalue weighted by molar-refractivity contribution is -0.138. The summed E-state index contributed by atoms with van der Waals surface area (Å²) < 4.78 is 0. The van der Waals surface area contributed by atoms with E-state index in [4.69, 9.17) is 0 Å². The molecule has 21 heavy (non-hydrogen) atoms. The van der Waals surface area contributed by atoms with Gasteiger partial charge in [0, 0.05) is 31.7 Å². The number of benzene rings is 1. The smallest absolute Gasteiger partial charge is 0.249 e. The summed E-state index contributed by atoms with van der Waals surface area (Å²) in [5.41, 5.74) is 0.906. The highest BCUT2D eigenvalue weighted by atomic mass is 16.2. The Kier molecular flexibility index (Phi) is 5.33. The molecule has 5 nitrogen and oxygen atoms in total. The summed E-state index contributed by atoms with van der Waals surface area (Å²) in [6.07, 6.45) is 1.13. The largest absolute Gasteiger partial charge is 0.331 e. The van der Waals surface area contributed by atoms with Crippen LogP contribution < -0.4 is 10.2 Å². The zero-order chi connectivity index (χ0) is 15.2. The van der Waals surface area contributed by atoms with Crippen molar-refractivity contribution in [3.05, 3.63) is 30.3 Å². The van der Waals surface area contributed by atoms with E-state index < -0.39 is 0 Å². The number of nitrogens with zero attached hydrogens (tertiary/aromatic N) is 2. The third kappa shape index (κ3) is 3.42. The first-order chi connectivity index (χ1) is 10.2. The van der Waals surface area contributed by atoms with Crippen molar-refractivity contribution in [1.29, 1.82) is 0 Å². The van der Waals surface area contributed by atoms with Gasteiger partial charge in [-0.15, -0.1) is 0 Å². The minimum atomic E-state index is -0.320. The van der Waals surface area contributed by atoms with Gasteiger partial charge in [-0.05, 0) is 32.5 Å². The molecule has 1 aliphatic heterocycles. The number of carbonyl (C=O) groups is 2. The number of likely N-dealkylation sites (N-methyl/N-ethyl adjacent to an activating group) is 1. The Hall–Kier alpha value is -1.88. The Morgan fingerprint density at radius 3 is 2.71 bits per heavy atom. The summed E-state index contributed by atoms with van der Waals surface area (Å²) in [5.74, 6) is 0.0703. The van der Waals surface area contributed by atoms with Crippen LogP contribution in [-0.2, 0) is 9.59 Å². The fourth-order valence-electron chi connectivity index (χ4n) is 2.76. The zero-order valence-corrected chi connectivity index (χ0v) is 12.7. The Balaban J connectivity index is 2.07. The third-order valence-corrected chi connectivity index (χ3v) is 3.87. The van der Waals surface area contributed by atoms with E-state index in [0.717, 1.165) is 5.69 Å². The molecule has 1 fully saturated rings. The minimum Gasteiger partial charge on any atom is -0.331 e. The van der Waals surface area contributed by atoms with E-state index in [1.165, 1.54) is 0 Å². The molecule has 1 aromatic carbocycles. The minimum absolute atomic E-state index is 0.0286. The Morgan fingerprint density at radius 2 is 2.10 bits per heavy atom. The van der Waals surface area contributed by atoms with Crippen molar-refractivity contribution in [2.75, 3.05) is 31.6 Å². The fourth-order valence-corrected chi connectivity index (χ4v) is 2.76. The number of rotatable bonds is 6. The molecule has 1 aromatic rings. The number of nitrogens with one attached hydrogen (secondary N) is 1. The van der Waals surface area contributed by atoms with Crippen LogP contribution in [0.2, 0.25) is 0 Å². The molecular formula is C16H23N3O2. The number of anilines is 1. The van der Waals surface area contributed by atoms with Crippen molar-refractivity contribution in [3.63, 3.8) is 0 Å². The van der Waals surface area contributed by atoms with Gasteiger partial charge < -0.3 is 15.1 Å². The van der Waals surface area contributed by atoms with Crippen LogP contribution in [0.4, 0.5) is 5.69 Å². The predicted molar refractivity (Wildman–Crippen MR) is 83.1 cm³/mol. The highest BCUT2D eigenvalue weighted by molar-refractivity contribution is 6.01. The quantitative estimate of drug-likeness (QED) is 0.857. The molecule has 0 saturated carbocycles. The normalized spacial score (nSPS) is 18.1. The lowest BCUT2D eigenvalue weighted by Gasteiger charge is -2.27. The lowest BCUT2D eigenvalue weighted by Crippen LogP contribution is -2.45. The van der Waals surface area contributed by atoms with Gasteiger partial charge in [0.1, 0.15) is 6.04 Å². The average Bonchev–Trinajstić information content (AvgIpc) is 2.89. The van der Waals surface area contributed by atoms with Gasteiger partial charge in [-0.3, -0.25) is 9.59 Å². The molecule has 0 bridgehead atoms. The van der Waals surface area contributed by atoms with Gasteiger partial charge in [-0.25, -0.2) is 0 Å². The van der Waals surface area contributed by atoms with Gasteiger partial charge >= 0.3 is 0 Å². The maximum absolute atomic E-state index is 12.6. The van der Waals surface area contributed by atoms with Crippen LogP contribution in [-0.4, -0.2) is 49.4 Å². The number of carbonyl (C=O) groups excluding carboxylic acids is 2. The molecule has 1 saturated heterocycles. The summed E-state index contributed by atoms with van der Waals surface area (Å²) in [4.78, 5) is 28.3. The first-order valence-corrected chi connectivity index (χ1v) is 7.49. The van der Waals surface area contributed by atoms with Gasteiger partial charge in [0.2, 0.25) is 11.8 Å². The summed E-state index contributed by atoms with van der Waals surface area (Å²) in [5, 5.41) is 2.97. The van der Waals surface area contributed by atoms with E-state index in [-0.39, 0.29) is 17.9 Å². The van der Waals surface area contributed by atoms with Gasteiger partial charge in [-0.2, -0.15) is 0 Å². The van der Waals surface area contributed by atoms with Gasteiger partial charge in [-0.1, -0.05) is 18.2 Å². The van der Waals surface area contributed by atoms with Crippen LogP contribution >= 0.6 is 0 Å². The second-order valence-corrected chi connectivity index (χ2v) is 5.16. The number of hydrogen-bond donors (Lipinski definition) is 1. The number of amides is 2. The number of para-hydroxylation sites is 1. The highest BCUT2D eigenvalue weighted by Crippen LogP contribution is 2.24. The standard InChI is InChI=1S/C16H23N3O2/c1-3-18(15(20)9-11-17-2)14-10-12-19(16(14)21)13-7-5-4-6-8-13/h4-8,14,17H,3,9-12H2,1-2H3. The van der Waals surface area contributed by atoms with Crippen molar-refractivity contribution in [1.82, 2.24) is 10.2 Å². The van der Waals surface area contributed by atoms with Crippen molar-refractivity contribution in [2.24, 2.45) is 0 Å². The van der Waals surface area contributed by atoms with Crippen molar-refractivity contribution in [2.45, 2.75) is 25.8 Å². The molecule has 0 aliphatic carbocycles. The monoisotopic (exact) mass is 289 g/mol. The van der Waals surface area contributed by atoms with E-state index in [2.05, 4.69) is 5.32 Å². The second-order valence-electron chi connectivity index (χ2n) is 5.16. The van der Waals surface area contributed by atoms with Gasteiger partial charge in [0.05, 0.1) is 0 Å². The molecule has 1 N–H and O–H groups in total. The van der Waals surface area contributed by atoms with Crippen molar-refractivity contribution < 1.29 is 9.59 Å². The molecule has 114 valence electrons. The zero-order valence-electron chi connectivity index (χ0n) is 12.7. The Morgan fingerprint density at radius 1 is 1.38 bits per heavy atom. The summed E-state index contributed by atoms with van der Waals surface area (Å²) in [7, 11) is 1.82. The van der Waals surface area contributed by atoms with Crippen molar-refractivity contribution in [3.8, 4) is 0 Å². The van der Waals surface area contributed by atoms with Crippen LogP contribution in [0.1, 0.15) is 19.8 Å². The molecule has 0 aromatic heterocycles. The van der Waals surface area contributed by atoms with E-state index in [1.807, 2.05) is 44.3 Å². The topological polar surface area (TPSA) is 52.7 Å². The van der Waals surface area contributed by atoms with E-state index in [1.54, 1.807) is 9.80 Å². The molecule has 1 aliphatic rings. The Labute approximate surface area is 125 Å². The van der Waals surface area contributed by atoms with Crippen LogP contribution in [0.3, 0.4) is 0 Å². The van der Waals surface area contributed by atoms with Gasteiger partial charge in [0.25, 0.3) is 0 Å². The van der Waals surface area contributed by atoms with Crippen LogP contribution in [0.15, 0.2) is 30.3 Å². The first kappa shape index (κ1) is 15.5. The number of hydrogen-bond acceptors (Lipinski definition) is 3.